The lowest BCUT2D eigenvalue weighted by Crippen LogP contribution is -2.09. The molecule has 0 spiro atoms. The lowest BCUT2D eigenvalue weighted by molar-refractivity contribution is 0.0686. The predicted octanol–water partition coefficient (Wildman–Crippen LogP) is 5.03. The third-order valence-corrected chi connectivity index (χ3v) is 4.94. The highest BCUT2D eigenvalue weighted by molar-refractivity contribution is 5.95. The van der Waals surface area contributed by atoms with Gasteiger partial charge in [-0.1, -0.05) is 24.3 Å². The number of nitrogens with zero attached hydrogens (tertiary/aromatic N) is 1. The summed E-state index contributed by atoms with van der Waals surface area (Å²) in [5.41, 5.74) is 3.33. The first kappa shape index (κ1) is 21.5. The van der Waals surface area contributed by atoms with Crippen molar-refractivity contribution < 1.29 is 29.3 Å². The quantitative estimate of drug-likeness (QED) is 0.405. The van der Waals surface area contributed by atoms with Gasteiger partial charge in [-0.3, -0.25) is 4.98 Å². The maximum Gasteiger partial charge on any atom is 0.343 e. The topological polar surface area (TPSA) is 114 Å². The van der Waals surface area contributed by atoms with Gasteiger partial charge in [0.2, 0.25) is 0 Å². The molecule has 0 unspecified atom stereocenters. The van der Waals surface area contributed by atoms with Gasteiger partial charge in [0, 0.05) is 6.20 Å². The van der Waals surface area contributed by atoms with Crippen LogP contribution in [-0.2, 0) is 0 Å². The van der Waals surface area contributed by atoms with Gasteiger partial charge in [0.25, 0.3) is 0 Å². The van der Waals surface area contributed by atoms with Gasteiger partial charge >= 0.3 is 17.9 Å². The van der Waals surface area contributed by atoms with Gasteiger partial charge in [-0.25, -0.2) is 14.4 Å². The molecule has 1 heterocycles. The van der Waals surface area contributed by atoms with Gasteiger partial charge in [0.15, 0.2) is 0 Å². The fourth-order valence-electron chi connectivity index (χ4n) is 3.26. The van der Waals surface area contributed by atoms with E-state index in [-0.39, 0.29) is 16.7 Å². The number of carboxylic acid groups (broad SMARTS) is 2. The summed E-state index contributed by atoms with van der Waals surface area (Å²) in [4.78, 5) is 39.1. The second-order valence-corrected chi connectivity index (χ2v) is 7.14. The second kappa shape index (κ2) is 9.15. The van der Waals surface area contributed by atoms with Crippen LogP contribution in [0.2, 0.25) is 0 Å². The van der Waals surface area contributed by atoms with Crippen molar-refractivity contribution in [3.63, 3.8) is 0 Å². The van der Waals surface area contributed by atoms with Crippen LogP contribution in [0.25, 0.3) is 22.3 Å². The molecule has 0 aliphatic rings. The van der Waals surface area contributed by atoms with E-state index >= 15 is 0 Å². The predicted molar refractivity (Wildman–Crippen MR) is 120 cm³/mol. The summed E-state index contributed by atoms with van der Waals surface area (Å²) in [5, 5.41) is 18.3. The van der Waals surface area contributed by atoms with Crippen LogP contribution in [0, 0.1) is 0 Å². The highest BCUT2D eigenvalue weighted by Crippen LogP contribution is 2.29. The molecule has 3 aromatic carbocycles. The van der Waals surface area contributed by atoms with Crippen LogP contribution in [0.5, 0.6) is 5.75 Å². The maximum atomic E-state index is 12.9. The van der Waals surface area contributed by atoms with E-state index in [0.29, 0.717) is 28.0 Å². The standard InChI is InChI=1S/C26H17NO6/c28-24(29)18-7-3-16(4-8-18)20-12-21(17-5-9-19(10-6-17)25(30)31)14-22(13-20)26(32)33-23-2-1-11-27-15-23/h1-15H,(H,28,29)(H,30,31). The average molecular weight is 439 g/mol. The minimum absolute atomic E-state index is 0.148. The smallest absolute Gasteiger partial charge is 0.343 e. The largest absolute Gasteiger partial charge is 0.478 e. The van der Waals surface area contributed by atoms with E-state index in [0.717, 1.165) is 0 Å². The number of pyridine rings is 1. The Balaban J connectivity index is 1.77. The fraction of sp³-hybridized carbons (Fsp3) is 0. The van der Waals surface area contributed by atoms with Gasteiger partial charge in [-0.05, 0) is 76.9 Å². The van der Waals surface area contributed by atoms with E-state index in [2.05, 4.69) is 4.98 Å². The summed E-state index contributed by atoms with van der Waals surface area (Å²) in [6, 6.07) is 21.0. The van der Waals surface area contributed by atoms with Crippen LogP contribution >= 0.6 is 0 Å². The van der Waals surface area contributed by atoms with Gasteiger partial charge in [0.05, 0.1) is 22.9 Å². The molecular formula is C26H17NO6. The molecule has 0 bridgehead atoms. The number of esters is 1. The molecule has 0 aliphatic heterocycles. The molecular weight excluding hydrogens is 422 g/mol. The average Bonchev–Trinajstić information content (AvgIpc) is 2.84. The van der Waals surface area contributed by atoms with Crippen LogP contribution in [0.4, 0.5) is 0 Å². The molecule has 4 aromatic rings. The molecule has 0 saturated heterocycles. The number of aromatic carboxylic acids is 2. The van der Waals surface area contributed by atoms with E-state index in [1.54, 1.807) is 54.7 Å². The summed E-state index contributed by atoms with van der Waals surface area (Å²) in [6.45, 7) is 0. The molecule has 0 saturated carbocycles. The normalized spacial score (nSPS) is 10.4. The van der Waals surface area contributed by atoms with E-state index in [4.69, 9.17) is 14.9 Å². The van der Waals surface area contributed by atoms with Crippen LogP contribution in [0.3, 0.4) is 0 Å². The molecule has 7 heteroatoms. The zero-order valence-corrected chi connectivity index (χ0v) is 17.1. The molecule has 0 radical (unpaired) electrons. The summed E-state index contributed by atoms with van der Waals surface area (Å²) >= 11 is 0. The highest BCUT2D eigenvalue weighted by Gasteiger charge is 2.14. The number of rotatable bonds is 6. The Labute approximate surface area is 188 Å². The Bertz CT molecular complexity index is 1250. The van der Waals surface area contributed by atoms with Gasteiger partial charge in [-0.2, -0.15) is 0 Å². The lowest BCUT2D eigenvalue weighted by Gasteiger charge is -2.11. The molecule has 0 amide bonds. The molecule has 0 atom stereocenters. The third-order valence-electron chi connectivity index (χ3n) is 4.94. The Morgan fingerprint density at radius 3 is 1.58 bits per heavy atom. The van der Waals surface area contributed by atoms with Crippen molar-refractivity contribution in [2.24, 2.45) is 0 Å². The maximum absolute atomic E-state index is 12.9. The van der Waals surface area contributed by atoms with Crippen molar-refractivity contribution in [3.8, 4) is 28.0 Å². The lowest BCUT2D eigenvalue weighted by atomic mass is 9.95. The molecule has 0 aliphatic carbocycles. The number of hydrogen-bond acceptors (Lipinski definition) is 5. The minimum Gasteiger partial charge on any atom is -0.478 e. The number of carbonyl (C=O) groups is 3. The first-order valence-corrected chi connectivity index (χ1v) is 9.85. The van der Waals surface area contributed by atoms with Gasteiger partial charge in [0.1, 0.15) is 5.75 Å². The molecule has 4 rings (SSSR count). The molecule has 7 nitrogen and oxygen atoms in total. The van der Waals surface area contributed by atoms with Crippen molar-refractivity contribution >= 4 is 17.9 Å². The molecule has 0 fully saturated rings. The summed E-state index contributed by atoms with van der Waals surface area (Å²) in [6.07, 6.45) is 3.00. The zero-order chi connectivity index (χ0) is 23.4. The number of carboxylic acids is 2. The number of carbonyl (C=O) groups excluding carboxylic acids is 1. The van der Waals surface area contributed by atoms with Crippen molar-refractivity contribution in [2.75, 3.05) is 0 Å². The fourth-order valence-corrected chi connectivity index (χ4v) is 3.26. The Hall–Kier alpha value is -4.78. The van der Waals surface area contributed by atoms with E-state index < -0.39 is 17.9 Å². The van der Waals surface area contributed by atoms with Gasteiger partial charge < -0.3 is 14.9 Å². The second-order valence-electron chi connectivity index (χ2n) is 7.14. The minimum atomic E-state index is -1.03. The van der Waals surface area contributed by atoms with Crippen LogP contribution in [0.15, 0.2) is 91.3 Å². The number of ether oxygens (including phenoxy) is 1. The SMILES string of the molecule is O=C(O)c1ccc(-c2cc(C(=O)Oc3cccnc3)cc(-c3ccc(C(=O)O)cc3)c2)cc1. The molecule has 2 N–H and O–H groups in total. The first-order valence-electron chi connectivity index (χ1n) is 9.85. The Morgan fingerprint density at radius 2 is 1.15 bits per heavy atom. The first-order chi connectivity index (χ1) is 15.9. The highest BCUT2D eigenvalue weighted by atomic mass is 16.5. The van der Waals surface area contributed by atoms with Crippen molar-refractivity contribution in [1.29, 1.82) is 0 Å². The van der Waals surface area contributed by atoms with Crippen LogP contribution in [0.1, 0.15) is 31.1 Å². The molecule has 162 valence electrons. The van der Waals surface area contributed by atoms with Crippen LogP contribution < -0.4 is 4.74 Å². The zero-order valence-electron chi connectivity index (χ0n) is 17.1. The van der Waals surface area contributed by atoms with E-state index in [9.17, 15) is 14.4 Å². The van der Waals surface area contributed by atoms with Crippen molar-refractivity contribution in [2.45, 2.75) is 0 Å². The summed E-state index contributed by atoms with van der Waals surface area (Å²) in [7, 11) is 0. The van der Waals surface area contributed by atoms with Crippen molar-refractivity contribution in [3.05, 3.63) is 108 Å². The van der Waals surface area contributed by atoms with Crippen molar-refractivity contribution in [1.82, 2.24) is 4.98 Å². The summed E-state index contributed by atoms with van der Waals surface area (Å²) < 4.78 is 5.43. The monoisotopic (exact) mass is 439 g/mol. The Kier molecular flexibility index (Phi) is 5.95. The number of hydrogen-bond donors (Lipinski definition) is 2. The number of benzene rings is 3. The third kappa shape index (κ3) is 4.94. The Morgan fingerprint density at radius 1 is 0.636 bits per heavy atom. The van der Waals surface area contributed by atoms with Gasteiger partial charge in [-0.15, -0.1) is 0 Å². The van der Waals surface area contributed by atoms with E-state index in [1.165, 1.54) is 30.5 Å². The van der Waals surface area contributed by atoms with Crippen LogP contribution in [-0.4, -0.2) is 33.1 Å². The summed E-state index contributed by atoms with van der Waals surface area (Å²) in [5.74, 6) is -2.36. The van der Waals surface area contributed by atoms with E-state index in [1.807, 2.05) is 6.07 Å². The molecule has 33 heavy (non-hydrogen) atoms. The molecule has 1 aromatic heterocycles. The number of aromatic nitrogens is 1.